The zero-order chi connectivity index (χ0) is 20.9. The summed E-state index contributed by atoms with van der Waals surface area (Å²) in [6.07, 6.45) is 3.18. The van der Waals surface area contributed by atoms with Gasteiger partial charge in [0.15, 0.2) is 6.61 Å². The van der Waals surface area contributed by atoms with Crippen LogP contribution in [0.15, 0.2) is 0 Å². The van der Waals surface area contributed by atoms with Crippen LogP contribution in [-0.4, -0.2) is 60.0 Å². The van der Waals surface area contributed by atoms with E-state index in [-0.39, 0.29) is 11.8 Å². The summed E-state index contributed by atoms with van der Waals surface area (Å²) in [5.74, 6) is -1.93. The molecule has 1 aliphatic carbocycles. The lowest BCUT2D eigenvalue weighted by Gasteiger charge is -2.36. The normalized spacial score (nSPS) is 24.3. The van der Waals surface area contributed by atoms with Crippen molar-refractivity contribution >= 4 is 29.8 Å². The van der Waals surface area contributed by atoms with Gasteiger partial charge in [0, 0.05) is 6.54 Å². The molecule has 1 heterocycles. The van der Waals surface area contributed by atoms with Crippen molar-refractivity contribution in [3.05, 3.63) is 0 Å². The van der Waals surface area contributed by atoms with E-state index in [1.807, 2.05) is 26.1 Å². The average Bonchev–Trinajstić information content (AvgIpc) is 2.86. The lowest BCUT2D eigenvalue weighted by Crippen LogP contribution is -2.54. The van der Waals surface area contributed by atoms with Crippen LogP contribution in [-0.2, 0) is 19.1 Å². The second kappa shape index (κ2) is 9.03. The third-order valence-electron chi connectivity index (χ3n) is 5.08. The van der Waals surface area contributed by atoms with Gasteiger partial charge in [-0.15, -0.1) is 0 Å². The van der Waals surface area contributed by atoms with Gasteiger partial charge in [0.05, 0.1) is 0 Å². The van der Waals surface area contributed by atoms with Gasteiger partial charge in [0.1, 0.15) is 12.1 Å². The smallest absolute Gasteiger partial charge is 0.326 e. The predicted molar refractivity (Wildman–Crippen MR) is 97.9 cm³/mol. The molecule has 3 N–H and O–H groups in total. The Morgan fingerprint density at radius 3 is 2.64 bits per heavy atom. The molecule has 156 valence electrons. The van der Waals surface area contributed by atoms with Gasteiger partial charge in [-0.25, -0.2) is 9.59 Å². The van der Waals surface area contributed by atoms with Crippen molar-refractivity contribution in [1.29, 1.82) is 0 Å². The number of ether oxygens (including phenoxy) is 1. The molecule has 1 saturated carbocycles. The van der Waals surface area contributed by atoms with E-state index in [2.05, 4.69) is 10.6 Å². The fourth-order valence-corrected chi connectivity index (χ4v) is 3.46. The number of carbonyl (C=O) groups is 5. The molecule has 0 unspecified atom stereocenters. The zero-order valence-electron chi connectivity index (χ0n) is 16.5. The molecule has 0 aromatic heterocycles. The number of imide groups is 2. The van der Waals surface area contributed by atoms with Gasteiger partial charge in [0.2, 0.25) is 0 Å². The Hall–Kier alpha value is -2.65. The Kier molecular flexibility index (Phi) is 6.98. The summed E-state index contributed by atoms with van der Waals surface area (Å²) < 4.78 is 4.79. The summed E-state index contributed by atoms with van der Waals surface area (Å²) >= 11 is 0. The first-order valence-electron chi connectivity index (χ1n) is 9.53. The minimum Gasteiger partial charge on any atom is -0.454 e. The molecule has 1 spiro atoms. The SMILES string of the molecule is CC(C)CNC(=O)NC(=O)COC(=O)CN1C(=O)N[C@@]2(CCCC[C@H]2C)C1=O. The van der Waals surface area contributed by atoms with Crippen molar-refractivity contribution in [1.82, 2.24) is 20.9 Å². The molecule has 0 bridgehead atoms. The number of nitrogens with zero attached hydrogens (tertiary/aromatic N) is 1. The first-order chi connectivity index (χ1) is 13.2. The topological polar surface area (TPSA) is 134 Å². The summed E-state index contributed by atoms with van der Waals surface area (Å²) in [5.41, 5.74) is -0.957. The Morgan fingerprint density at radius 2 is 2.00 bits per heavy atom. The largest absolute Gasteiger partial charge is 0.454 e. The van der Waals surface area contributed by atoms with E-state index in [4.69, 9.17) is 4.74 Å². The van der Waals surface area contributed by atoms with Crippen LogP contribution in [0.2, 0.25) is 0 Å². The van der Waals surface area contributed by atoms with Crippen molar-refractivity contribution in [2.75, 3.05) is 19.7 Å². The molecule has 28 heavy (non-hydrogen) atoms. The van der Waals surface area contributed by atoms with E-state index in [1.165, 1.54) is 0 Å². The highest BCUT2D eigenvalue weighted by molar-refractivity contribution is 6.09. The van der Waals surface area contributed by atoms with Gasteiger partial charge in [-0.1, -0.05) is 33.6 Å². The highest BCUT2D eigenvalue weighted by atomic mass is 16.5. The van der Waals surface area contributed by atoms with Crippen LogP contribution >= 0.6 is 0 Å². The molecular formula is C18H28N4O6. The summed E-state index contributed by atoms with van der Waals surface area (Å²) in [5, 5.41) is 7.25. The number of amides is 6. The maximum atomic E-state index is 12.8. The van der Waals surface area contributed by atoms with Gasteiger partial charge in [-0.05, 0) is 24.7 Å². The van der Waals surface area contributed by atoms with Gasteiger partial charge >= 0.3 is 18.0 Å². The minimum absolute atomic E-state index is 0.0196. The predicted octanol–water partition coefficient (Wildman–Crippen LogP) is 0.512. The Bertz CT molecular complexity index is 664. The van der Waals surface area contributed by atoms with Gasteiger partial charge < -0.3 is 15.4 Å². The fraction of sp³-hybridized carbons (Fsp3) is 0.722. The quantitative estimate of drug-likeness (QED) is 0.442. The van der Waals surface area contributed by atoms with Crippen LogP contribution in [0.4, 0.5) is 9.59 Å². The summed E-state index contributed by atoms with van der Waals surface area (Å²) in [6.45, 7) is 4.85. The molecule has 10 heteroatoms. The molecule has 2 atom stereocenters. The minimum atomic E-state index is -0.957. The van der Waals surface area contributed by atoms with Crippen LogP contribution in [0.1, 0.15) is 46.5 Å². The number of esters is 1. The molecule has 1 saturated heterocycles. The van der Waals surface area contributed by atoms with E-state index in [0.717, 1.165) is 24.2 Å². The third-order valence-corrected chi connectivity index (χ3v) is 5.08. The first kappa shape index (κ1) is 21.6. The molecule has 6 amide bonds. The molecule has 10 nitrogen and oxygen atoms in total. The average molecular weight is 396 g/mol. The number of urea groups is 2. The highest BCUT2D eigenvalue weighted by Gasteiger charge is 2.55. The Morgan fingerprint density at radius 1 is 1.29 bits per heavy atom. The van der Waals surface area contributed by atoms with E-state index in [0.29, 0.717) is 13.0 Å². The van der Waals surface area contributed by atoms with Crippen LogP contribution in [0.3, 0.4) is 0 Å². The lowest BCUT2D eigenvalue weighted by molar-refractivity contribution is -0.151. The zero-order valence-corrected chi connectivity index (χ0v) is 16.5. The summed E-state index contributed by atoms with van der Waals surface area (Å²) in [6, 6.07) is -1.31. The van der Waals surface area contributed by atoms with E-state index in [1.54, 1.807) is 0 Å². The third kappa shape index (κ3) is 4.99. The second-order valence-electron chi connectivity index (χ2n) is 7.75. The molecule has 0 aromatic carbocycles. The van der Waals surface area contributed by atoms with Crippen LogP contribution in [0.25, 0.3) is 0 Å². The number of carbonyl (C=O) groups excluding carboxylic acids is 5. The number of hydrogen-bond donors (Lipinski definition) is 3. The summed E-state index contributed by atoms with van der Waals surface area (Å²) in [4.78, 5) is 60.9. The van der Waals surface area contributed by atoms with Gasteiger partial charge in [-0.2, -0.15) is 0 Å². The lowest BCUT2D eigenvalue weighted by atomic mass is 9.73. The Balaban J connectivity index is 1.81. The van der Waals surface area contributed by atoms with E-state index in [9.17, 15) is 24.0 Å². The Labute approximate surface area is 163 Å². The second-order valence-corrected chi connectivity index (χ2v) is 7.75. The van der Waals surface area contributed by atoms with Gasteiger partial charge in [0.25, 0.3) is 11.8 Å². The van der Waals surface area contributed by atoms with E-state index < -0.39 is 48.5 Å². The molecular weight excluding hydrogens is 368 g/mol. The maximum absolute atomic E-state index is 12.8. The molecule has 2 aliphatic rings. The molecule has 2 fully saturated rings. The fourth-order valence-electron chi connectivity index (χ4n) is 3.46. The monoisotopic (exact) mass is 396 g/mol. The van der Waals surface area contributed by atoms with Crippen molar-refractivity contribution in [3.8, 4) is 0 Å². The van der Waals surface area contributed by atoms with E-state index >= 15 is 0 Å². The van der Waals surface area contributed by atoms with Crippen molar-refractivity contribution in [3.63, 3.8) is 0 Å². The van der Waals surface area contributed by atoms with Crippen LogP contribution in [0, 0.1) is 11.8 Å². The maximum Gasteiger partial charge on any atom is 0.326 e. The number of nitrogens with one attached hydrogen (secondary N) is 3. The number of hydrogen-bond acceptors (Lipinski definition) is 6. The van der Waals surface area contributed by atoms with Crippen molar-refractivity contribution in [2.24, 2.45) is 11.8 Å². The molecule has 1 aliphatic heterocycles. The van der Waals surface area contributed by atoms with Crippen molar-refractivity contribution in [2.45, 2.75) is 52.0 Å². The number of rotatable bonds is 6. The van der Waals surface area contributed by atoms with Crippen molar-refractivity contribution < 1.29 is 28.7 Å². The standard InChI is InChI=1S/C18H28N4O6/c1-11(2)8-19-16(26)20-13(23)10-28-14(24)9-22-15(25)18(21-17(22)27)7-5-4-6-12(18)3/h11-12H,4-10H2,1-3H3,(H,21,27)(H2,19,20,23,26)/t12-,18-/m1/s1. The molecule has 2 rings (SSSR count). The van der Waals surface area contributed by atoms with Crippen LogP contribution < -0.4 is 16.0 Å². The van der Waals surface area contributed by atoms with Gasteiger partial charge in [-0.3, -0.25) is 24.6 Å². The summed E-state index contributed by atoms with van der Waals surface area (Å²) in [7, 11) is 0. The molecule has 0 radical (unpaired) electrons. The molecule has 0 aromatic rings. The highest BCUT2D eigenvalue weighted by Crippen LogP contribution is 2.38. The van der Waals surface area contributed by atoms with Crippen LogP contribution in [0.5, 0.6) is 0 Å². The first-order valence-corrected chi connectivity index (χ1v) is 9.53.